The lowest BCUT2D eigenvalue weighted by atomic mass is 10.00. The van der Waals surface area contributed by atoms with E-state index in [1.165, 1.54) is 0 Å². The van der Waals surface area contributed by atoms with Gasteiger partial charge in [-0.15, -0.1) is 0 Å². The first-order chi connectivity index (χ1) is 9.45. The minimum absolute atomic E-state index is 0.284. The molecule has 0 bridgehead atoms. The number of sulfonamides is 1. The first kappa shape index (κ1) is 16.2. The van der Waals surface area contributed by atoms with Crippen LogP contribution in [0.5, 0.6) is 0 Å². The van der Waals surface area contributed by atoms with Crippen LogP contribution >= 0.6 is 27.5 Å². The minimum atomic E-state index is -3.46. The molecule has 112 valence electrons. The fourth-order valence-corrected chi connectivity index (χ4v) is 5.42. The zero-order chi connectivity index (χ0) is 14.8. The molecular weight excluding hydrogens is 364 g/mol. The number of nitrogens with one attached hydrogen (secondary N) is 1. The van der Waals surface area contributed by atoms with Crippen LogP contribution in [0.3, 0.4) is 0 Å². The molecule has 1 aliphatic rings. The second-order valence-corrected chi connectivity index (χ2v) is 8.20. The smallest absolute Gasteiger partial charge is 0.244 e. The van der Waals surface area contributed by atoms with Gasteiger partial charge in [0.15, 0.2) is 0 Å². The molecule has 0 aromatic heterocycles. The van der Waals surface area contributed by atoms with E-state index in [-0.39, 0.29) is 4.90 Å². The van der Waals surface area contributed by atoms with Crippen LogP contribution in [0.4, 0.5) is 0 Å². The molecule has 1 aromatic rings. The fourth-order valence-electron chi connectivity index (χ4n) is 2.52. The first-order valence-corrected chi connectivity index (χ1v) is 9.16. The van der Waals surface area contributed by atoms with Crippen LogP contribution in [0.1, 0.15) is 12.8 Å². The molecule has 1 atom stereocenters. The van der Waals surface area contributed by atoms with Gasteiger partial charge in [0, 0.05) is 22.6 Å². The molecule has 0 spiro atoms. The number of rotatable bonds is 4. The number of hydrogen-bond donors (Lipinski definition) is 1. The number of hydrogen-bond acceptors (Lipinski definition) is 3. The molecular formula is C13H18BrClN2O2S. The fraction of sp³-hybridized carbons (Fsp3) is 0.538. The summed E-state index contributed by atoms with van der Waals surface area (Å²) in [6, 6.07) is 4.78. The van der Waals surface area contributed by atoms with Crippen LogP contribution in [0.2, 0.25) is 5.02 Å². The maximum atomic E-state index is 12.7. The van der Waals surface area contributed by atoms with Gasteiger partial charge in [0.1, 0.15) is 0 Å². The first-order valence-electron chi connectivity index (χ1n) is 6.55. The third-order valence-corrected chi connectivity index (χ3v) is 6.56. The molecule has 1 N–H and O–H groups in total. The third-order valence-electron chi connectivity index (χ3n) is 3.49. The number of halogens is 2. The monoisotopic (exact) mass is 380 g/mol. The van der Waals surface area contributed by atoms with Gasteiger partial charge in [-0.1, -0.05) is 11.6 Å². The van der Waals surface area contributed by atoms with Crippen molar-refractivity contribution in [3.8, 4) is 0 Å². The SMILES string of the molecule is CNCC1CCCN(S(=O)(=O)c2ccc(Cl)cc2Br)C1. The topological polar surface area (TPSA) is 49.4 Å². The van der Waals surface area contributed by atoms with E-state index in [9.17, 15) is 8.42 Å². The summed E-state index contributed by atoms with van der Waals surface area (Å²) in [5, 5.41) is 3.64. The van der Waals surface area contributed by atoms with Crippen molar-refractivity contribution in [3.05, 3.63) is 27.7 Å². The van der Waals surface area contributed by atoms with Crippen LogP contribution in [0.25, 0.3) is 0 Å². The Bertz CT molecular complexity index is 578. The van der Waals surface area contributed by atoms with E-state index < -0.39 is 10.0 Å². The Hall–Kier alpha value is -0.140. The zero-order valence-corrected chi connectivity index (χ0v) is 14.4. The van der Waals surface area contributed by atoms with Gasteiger partial charge in [0.2, 0.25) is 10.0 Å². The highest BCUT2D eigenvalue weighted by Gasteiger charge is 2.31. The Morgan fingerprint density at radius 3 is 2.90 bits per heavy atom. The van der Waals surface area contributed by atoms with Gasteiger partial charge in [-0.2, -0.15) is 4.31 Å². The summed E-state index contributed by atoms with van der Waals surface area (Å²) in [7, 11) is -1.57. The van der Waals surface area contributed by atoms with Gasteiger partial charge in [0.05, 0.1) is 4.90 Å². The molecule has 7 heteroatoms. The molecule has 20 heavy (non-hydrogen) atoms. The maximum Gasteiger partial charge on any atom is 0.244 e. The zero-order valence-electron chi connectivity index (χ0n) is 11.3. The summed E-state index contributed by atoms with van der Waals surface area (Å²) in [4.78, 5) is 0.284. The molecule has 1 fully saturated rings. The van der Waals surface area contributed by atoms with Gasteiger partial charge in [-0.3, -0.25) is 0 Å². The van der Waals surface area contributed by atoms with Crippen molar-refractivity contribution in [3.63, 3.8) is 0 Å². The molecule has 4 nitrogen and oxygen atoms in total. The molecule has 0 amide bonds. The van der Waals surface area contributed by atoms with Gasteiger partial charge >= 0.3 is 0 Å². The lowest BCUT2D eigenvalue weighted by molar-refractivity contribution is 0.263. The van der Waals surface area contributed by atoms with Gasteiger partial charge < -0.3 is 5.32 Å². The van der Waals surface area contributed by atoms with Crippen LogP contribution in [-0.2, 0) is 10.0 Å². The largest absolute Gasteiger partial charge is 0.319 e. The summed E-state index contributed by atoms with van der Waals surface area (Å²) in [6.07, 6.45) is 1.96. The van der Waals surface area contributed by atoms with E-state index in [0.29, 0.717) is 28.5 Å². The standard InChI is InChI=1S/C13H18BrClN2O2S/c1-16-8-10-3-2-6-17(9-10)20(18,19)13-5-4-11(15)7-12(13)14/h4-5,7,10,16H,2-3,6,8-9H2,1H3. The van der Waals surface area contributed by atoms with E-state index in [1.807, 2.05) is 7.05 Å². The molecule has 0 aliphatic carbocycles. The molecule has 1 heterocycles. The Kier molecular flexibility index (Phi) is 5.48. The van der Waals surface area contributed by atoms with Crippen molar-refractivity contribution in [2.45, 2.75) is 17.7 Å². The van der Waals surface area contributed by atoms with Crippen LogP contribution in [-0.4, -0.2) is 39.4 Å². The van der Waals surface area contributed by atoms with Crippen molar-refractivity contribution >= 4 is 37.6 Å². The van der Waals surface area contributed by atoms with Crippen LogP contribution < -0.4 is 5.32 Å². The highest BCUT2D eigenvalue weighted by atomic mass is 79.9. The highest BCUT2D eigenvalue weighted by Crippen LogP contribution is 2.30. The minimum Gasteiger partial charge on any atom is -0.319 e. The lowest BCUT2D eigenvalue weighted by Gasteiger charge is -2.32. The molecule has 1 aliphatic heterocycles. The highest BCUT2D eigenvalue weighted by molar-refractivity contribution is 9.10. The number of benzene rings is 1. The predicted molar refractivity (Wildman–Crippen MR) is 84.6 cm³/mol. The van der Waals surface area contributed by atoms with Gasteiger partial charge in [0.25, 0.3) is 0 Å². The summed E-state index contributed by atoms with van der Waals surface area (Å²) in [5.41, 5.74) is 0. The predicted octanol–water partition coefficient (Wildman–Crippen LogP) is 2.72. The number of piperidine rings is 1. The Morgan fingerprint density at radius 2 is 2.25 bits per heavy atom. The van der Waals surface area contributed by atoms with Crippen molar-refractivity contribution in [1.82, 2.24) is 9.62 Å². The van der Waals surface area contributed by atoms with E-state index >= 15 is 0 Å². The molecule has 0 saturated carbocycles. The van der Waals surface area contributed by atoms with Crippen LogP contribution in [0, 0.1) is 5.92 Å². The van der Waals surface area contributed by atoms with Crippen molar-refractivity contribution in [2.24, 2.45) is 5.92 Å². The quantitative estimate of drug-likeness (QED) is 0.872. The van der Waals surface area contributed by atoms with E-state index in [1.54, 1.807) is 22.5 Å². The summed E-state index contributed by atoms with van der Waals surface area (Å²) in [5.74, 6) is 0.370. The molecule has 2 rings (SSSR count). The summed E-state index contributed by atoms with van der Waals surface area (Å²) < 4.78 is 27.5. The molecule has 0 radical (unpaired) electrons. The molecule has 1 aromatic carbocycles. The van der Waals surface area contributed by atoms with Crippen molar-refractivity contribution in [2.75, 3.05) is 26.7 Å². The van der Waals surface area contributed by atoms with Crippen LogP contribution in [0.15, 0.2) is 27.6 Å². The second kappa shape index (κ2) is 6.75. The van der Waals surface area contributed by atoms with Gasteiger partial charge in [-0.05, 0) is 66.5 Å². The van der Waals surface area contributed by atoms with E-state index in [2.05, 4.69) is 21.2 Å². The van der Waals surface area contributed by atoms with Gasteiger partial charge in [-0.25, -0.2) is 8.42 Å². The second-order valence-electron chi connectivity index (χ2n) is 5.00. The Labute approximate surface area is 133 Å². The molecule has 1 saturated heterocycles. The number of nitrogens with zero attached hydrogens (tertiary/aromatic N) is 1. The maximum absolute atomic E-state index is 12.7. The Morgan fingerprint density at radius 1 is 1.50 bits per heavy atom. The van der Waals surface area contributed by atoms with E-state index in [0.717, 1.165) is 19.4 Å². The van der Waals surface area contributed by atoms with Crippen molar-refractivity contribution < 1.29 is 8.42 Å². The summed E-state index contributed by atoms with van der Waals surface area (Å²) in [6.45, 7) is 1.99. The Balaban J connectivity index is 2.25. The van der Waals surface area contributed by atoms with E-state index in [4.69, 9.17) is 11.6 Å². The third kappa shape index (κ3) is 3.54. The molecule has 1 unspecified atom stereocenters. The average Bonchev–Trinajstić information content (AvgIpc) is 2.39. The summed E-state index contributed by atoms with van der Waals surface area (Å²) >= 11 is 9.16. The average molecular weight is 382 g/mol. The van der Waals surface area contributed by atoms with Crippen molar-refractivity contribution in [1.29, 1.82) is 0 Å². The normalized spacial score (nSPS) is 21.1. The lowest BCUT2D eigenvalue weighted by Crippen LogP contribution is -2.42.